The van der Waals surface area contributed by atoms with Crippen LogP contribution in [0.1, 0.15) is 46.6 Å². The Morgan fingerprint density at radius 2 is 2.14 bits per heavy atom. The van der Waals surface area contributed by atoms with Crippen molar-refractivity contribution in [1.82, 2.24) is 4.57 Å². The Morgan fingerprint density at radius 3 is 2.73 bits per heavy atom. The predicted molar refractivity (Wildman–Crippen MR) is 80.9 cm³/mol. The lowest BCUT2D eigenvalue weighted by atomic mass is 10.1. The molecule has 0 aliphatic carbocycles. The van der Waals surface area contributed by atoms with Gasteiger partial charge in [-0.1, -0.05) is 13.3 Å². The first-order valence-electron chi connectivity index (χ1n) is 7.30. The van der Waals surface area contributed by atoms with Crippen molar-refractivity contribution in [3.63, 3.8) is 0 Å². The summed E-state index contributed by atoms with van der Waals surface area (Å²) in [6, 6.07) is 5.23. The lowest BCUT2D eigenvalue weighted by molar-refractivity contribution is -0.130. The molecular weight excluding hydrogens is 282 g/mol. The number of hydrogen-bond donors (Lipinski definition) is 1. The summed E-state index contributed by atoms with van der Waals surface area (Å²) >= 11 is 0. The normalized spacial score (nSPS) is 13.1. The number of carboxylic acids is 1. The molecule has 2 aromatic heterocycles. The van der Waals surface area contributed by atoms with E-state index in [9.17, 15) is 14.7 Å². The van der Waals surface area contributed by atoms with Crippen molar-refractivity contribution in [3.8, 4) is 0 Å². The van der Waals surface area contributed by atoms with Crippen molar-refractivity contribution in [2.24, 2.45) is 0 Å². The van der Waals surface area contributed by atoms with Crippen LogP contribution in [0.15, 0.2) is 28.7 Å². The van der Waals surface area contributed by atoms with Gasteiger partial charge in [0.05, 0.1) is 17.0 Å². The average Bonchev–Trinajstić information content (AvgIpc) is 3.12. The number of allylic oxidation sites excluding steroid dienone is 1. The first-order chi connectivity index (χ1) is 10.5. The summed E-state index contributed by atoms with van der Waals surface area (Å²) in [5.41, 5.74) is 2.27. The van der Waals surface area contributed by atoms with Gasteiger partial charge >= 0.3 is 5.97 Å². The van der Waals surface area contributed by atoms with E-state index in [0.29, 0.717) is 29.5 Å². The topological polar surface area (TPSA) is 72.4 Å². The van der Waals surface area contributed by atoms with Crippen molar-refractivity contribution in [2.45, 2.75) is 33.2 Å². The molecule has 0 amide bonds. The molecule has 0 aromatic carbocycles. The number of rotatable bonds is 5. The van der Waals surface area contributed by atoms with Gasteiger partial charge in [0.1, 0.15) is 5.76 Å². The van der Waals surface area contributed by atoms with Crippen LogP contribution in [0, 0.1) is 6.92 Å². The van der Waals surface area contributed by atoms with Gasteiger partial charge in [0.2, 0.25) is 5.78 Å². The largest absolute Gasteiger partial charge is 0.478 e. The summed E-state index contributed by atoms with van der Waals surface area (Å²) in [5.74, 6) is -0.188. The van der Waals surface area contributed by atoms with E-state index in [2.05, 4.69) is 0 Å². The van der Waals surface area contributed by atoms with Crippen LogP contribution in [0.25, 0.3) is 5.57 Å². The van der Waals surface area contributed by atoms with Crippen molar-refractivity contribution in [2.75, 3.05) is 0 Å². The van der Waals surface area contributed by atoms with Gasteiger partial charge in [0.15, 0.2) is 5.76 Å². The van der Waals surface area contributed by atoms with E-state index in [1.807, 2.05) is 13.0 Å². The summed E-state index contributed by atoms with van der Waals surface area (Å²) in [6.45, 7) is 4.22. The first-order valence-corrected chi connectivity index (χ1v) is 7.30. The molecule has 0 saturated heterocycles. The minimum atomic E-state index is -0.966. The Morgan fingerprint density at radius 1 is 1.36 bits per heavy atom. The highest BCUT2D eigenvalue weighted by molar-refractivity contribution is 6.17. The van der Waals surface area contributed by atoms with Crippen LogP contribution in [0.5, 0.6) is 0 Å². The van der Waals surface area contributed by atoms with E-state index < -0.39 is 5.97 Å². The van der Waals surface area contributed by atoms with Gasteiger partial charge in [-0.05, 0) is 43.2 Å². The summed E-state index contributed by atoms with van der Waals surface area (Å²) < 4.78 is 7.21. The minimum Gasteiger partial charge on any atom is -0.478 e. The Kier molecular flexibility index (Phi) is 3.48. The summed E-state index contributed by atoms with van der Waals surface area (Å²) in [7, 11) is 0. The highest BCUT2D eigenvalue weighted by atomic mass is 16.4. The Hall–Kier alpha value is -2.56. The number of aliphatic carboxylic acids is 1. The summed E-state index contributed by atoms with van der Waals surface area (Å²) in [4.78, 5) is 24.1. The second-order valence-corrected chi connectivity index (χ2v) is 5.43. The first kappa shape index (κ1) is 14.4. The third kappa shape index (κ3) is 2.19. The van der Waals surface area contributed by atoms with Gasteiger partial charge < -0.3 is 14.1 Å². The van der Waals surface area contributed by atoms with E-state index in [0.717, 1.165) is 18.4 Å². The fourth-order valence-corrected chi connectivity index (χ4v) is 2.90. The molecule has 5 nitrogen and oxygen atoms in total. The number of aryl methyl sites for hydroxylation is 2. The number of hydrogen-bond acceptors (Lipinski definition) is 3. The molecular formula is C17H17NO4. The highest BCUT2D eigenvalue weighted by Crippen LogP contribution is 2.30. The second kappa shape index (κ2) is 5.33. The molecule has 1 aliphatic rings. The second-order valence-electron chi connectivity index (χ2n) is 5.43. The third-order valence-corrected chi connectivity index (χ3v) is 3.86. The summed E-state index contributed by atoms with van der Waals surface area (Å²) in [5, 5.41) is 9.26. The van der Waals surface area contributed by atoms with Crippen LogP contribution in [0.3, 0.4) is 0 Å². The monoisotopic (exact) mass is 299 g/mol. The van der Waals surface area contributed by atoms with Gasteiger partial charge in [-0.2, -0.15) is 0 Å². The number of carboxylic acid groups (broad SMARTS) is 1. The van der Waals surface area contributed by atoms with Crippen LogP contribution < -0.4 is 0 Å². The molecule has 5 heteroatoms. The highest BCUT2D eigenvalue weighted by Gasteiger charge is 2.29. The third-order valence-electron chi connectivity index (χ3n) is 3.86. The molecule has 0 radical (unpaired) electrons. The molecule has 2 aromatic rings. The standard InChI is InChI=1S/C17H17NO4/c1-3-4-11-9-13-12(17(20)21)7-8-18(13)15(11)16(19)14-6-5-10(2)22-14/h5-7,9H,3-4,8H2,1-2H3,(H,20,21). The molecule has 22 heavy (non-hydrogen) atoms. The Labute approximate surface area is 127 Å². The number of nitrogens with zero attached hydrogens (tertiary/aromatic N) is 1. The van der Waals surface area contributed by atoms with Gasteiger partial charge in [0.25, 0.3) is 0 Å². The molecule has 1 N–H and O–H groups in total. The SMILES string of the molecule is CCCc1cc2n(c1C(=O)c1ccc(C)o1)CC=C2C(=O)O. The molecule has 1 aliphatic heterocycles. The van der Waals surface area contributed by atoms with Gasteiger partial charge in [0, 0.05) is 6.54 Å². The van der Waals surface area contributed by atoms with Gasteiger partial charge in [-0.3, -0.25) is 4.79 Å². The maximum absolute atomic E-state index is 12.8. The maximum Gasteiger partial charge on any atom is 0.337 e. The van der Waals surface area contributed by atoms with Crippen molar-refractivity contribution < 1.29 is 19.1 Å². The Bertz CT molecular complexity index is 792. The molecule has 0 spiro atoms. The number of fused-ring (bicyclic) bond motifs is 1. The van der Waals surface area contributed by atoms with E-state index >= 15 is 0 Å². The zero-order valence-corrected chi connectivity index (χ0v) is 12.5. The predicted octanol–water partition coefficient (Wildman–Crippen LogP) is 3.05. The molecule has 0 atom stereocenters. The van der Waals surface area contributed by atoms with E-state index in [1.54, 1.807) is 29.7 Å². The van der Waals surface area contributed by atoms with Crippen molar-refractivity contribution in [1.29, 1.82) is 0 Å². The molecule has 0 saturated carbocycles. The fourth-order valence-electron chi connectivity index (χ4n) is 2.90. The number of carbonyl (C=O) groups is 2. The number of ketones is 1. The quantitative estimate of drug-likeness (QED) is 0.861. The van der Waals surface area contributed by atoms with E-state index in [1.165, 1.54) is 0 Å². The molecule has 3 rings (SSSR count). The molecule has 0 fully saturated rings. The lowest BCUT2D eigenvalue weighted by Crippen LogP contribution is -2.11. The molecule has 0 unspecified atom stereocenters. The Balaban J connectivity index is 2.10. The van der Waals surface area contributed by atoms with Gasteiger partial charge in [-0.25, -0.2) is 4.79 Å². The lowest BCUT2D eigenvalue weighted by Gasteiger charge is -2.06. The fraction of sp³-hybridized carbons (Fsp3) is 0.294. The number of furan rings is 1. The summed E-state index contributed by atoms with van der Waals surface area (Å²) in [6.07, 6.45) is 3.25. The smallest absolute Gasteiger partial charge is 0.337 e. The van der Waals surface area contributed by atoms with Crippen LogP contribution in [-0.4, -0.2) is 21.4 Å². The zero-order chi connectivity index (χ0) is 15.9. The van der Waals surface area contributed by atoms with Crippen LogP contribution in [-0.2, 0) is 17.8 Å². The zero-order valence-electron chi connectivity index (χ0n) is 12.5. The molecule has 3 heterocycles. The van der Waals surface area contributed by atoms with E-state index in [-0.39, 0.29) is 11.4 Å². The molecule has 114 valence electrons. The number of carbonyl (C=O) groups excluding carboxylic acids is 1. The van der Waals surface area contributed by atoms with E-state index in [4.69, 9.17) is 4.42 Å². The van der Waals surface area contributed by atoms with Crippen molar-refractivity contribution in [3.05, 3.63) is 52.7 Å². The minimum absolute atomic E-state index is 0.192. The van der Waals surface area contributed by atoms with Crippen molar-refractivity contribution >= 4 is 17.3 Å². The van der Waals surface area contributed by atoms with Gasteiger partial charge in [-0.15, -0.1) is 0 Å². The van der Waals surface area contributed by atoms with Crippen LogP contribution in [0.4, 0.5) is 0 Å². The number of aromatic nitrogens is 1. The average molecular weight is 299 g/mol. The van der Waals surface area contributed by atoms with Crippen LogP contribution in [0.2, 0.25) is 0 Å². The maximum atomic E-state index is 12.8. The molecule has 0 bridgehead atoms. The van der Waals surface area contributed by atoms with Crippen LogP contribution >= 0.6 is 0 Å².